The lowest BCUT2D eigenvalue weighted by atomic mass is 10.1. The van der Waals surface area contributed by atoms with E-state index in [4.69, 9.17) is 19.0 Å². The van der Waals surface area contributed by atoms with Crippen molar-refractivity contribution in [2.75, 3.05) is 6.79 Å². The molecule has 9 heteroatoms. The first-order valence-corrected chi connectivity index (χ1v) is 12.0. The molecule has 3 heterocycles. The largest absolute Gasteiger partial charge is 0.454 e. The first-order valence-electron chi connectivity index (χ1n) is 11.0. The Hall–Kier alpha value is -4.11. The first-order chi connectivity index (χ1) is 17.1. The van der Waals surface area contributed by atoms with Gasteiger partial charge in [0.15, 0.2) is 16.7 Å². The zero-order valence-electron chi connectivity index (χ0n) is 18.8. The predicted molar refractivity (Wildman–Crippen MR) is 132 cm³/mol. The van der Waals surface area contributed by atoms with E-state index in [2.05, 4.69) is 10.1 Å². The summed E-state index contributed by atoms with van der Waals surface area (Å²) in [7, 11) is 0. The summed E-state index contributed by atoms with van der Waals surface area (Å²) in [6, 6.07) is 21.0. The normalized spacial score (nSPS) is 12.4. The van der Waals surface area contributed by atoms with Crippen LogP contribution in [0.3, 0.4) is 0 Å². The number of para-hydroxylation sites is 1. The SMILES string of the molecule is Cc1ccc(Cn2c(SCc3nc(-c4ccc5c(c4)OCO5)no3)nc3ccccc3c2=O)cc1. The van der Waals surface area contributed by atoms with Gasteiger partial charge < -0.3 is 14.0 Å². The van der Waals surface area contributed by atoms with Crippen molar-refractivity contribution in [3.05, 3.63) is 94.1 Å². The molecule has 0 bridgehead atoms. The summed E-state index contributed by atoms with van der Waals surface area (Å²) in [5.41, 5.74) is 3.55. The number of rotatable bonds is 6. The fraction of sp³-hybridized carbons (Fsp3) is 0.154. The van der Waals surface area contributed by atoms with Gasteiger partial charge in [-0.05, 0) is 42.8 Å². The highest BCUT2D eigenvalue weighted by atomic mass is 32.2. The third-order valence-corrected chi connectivity index (χ3v) is 6.67. The van der Waals surface area contributed by atoms with Gasteiger partial charge in [-0.1, -0.05) is 58.9 Å². The standard InChI is InChI=1S/C26H20N4O4S/c1-16-6-8-17(9-7-16)13-30-25(31)19-4-2-3-5-20(19)27-26(30)35-14-23-28-24(29-34-23)18-10-11-21-22(12-18)33-15-32-21/h2-12H,13-15H2,1H3. The van der Waals surface area contributed by atoms with E-state index >= 15 is 0 Å². The van der Waals surface area contributed by atoms with Gasteiger partial charge in [0.25, 0.3) is 5.56 Å². The third-order valence-electron chi connectivity index (χ3n) is 5.71. The van der Waals surface area contributed by atoms with E-state index in [1.54, 1.807) is 10.6 Å². The fourth-order valence-electron chi connectivity index (χ4n) is 3.87. The molecule has 5 aromatic rings. The van der Waals surface area contributed by atoms with Gasteiger partial charge in [-0.2, -0.15) is 4.98 Å². The number of fused-ring (bicyclic) bond motifs is 2. The minimum Gasteiger partial charge on any atom is -0.454 e. The van der Waals surface area contributed by atoms with Gasteiger partial charge in [-0.25, -0.2) is 4.98 Å². The molecule has 6 rings (SSSR count). The van der Waals surface area contributed by atoms with Gasteiger partial charge in [0.2, 0.25) is 18.5 Å². The Bertz CT molecular complexity index is 1590. The maximum atomic E-state index is 13.4. The molecule has 35 heavy (non-hydrogen) atoms. The minimum atomic E-state index is -0.0785. The Balaban J connectivity index is 1.29. The summed E-state index contributed by atoms with van der Waals surface area (Å²) in [5.74, 6) is 2.62. The van der Waals surface area contributed by atoms with Crippen LogP contribution in [-0.4, -0.2) is 26.5 Å². The van der Waals surface area contributed by atoms with E-state index in [0.717, 1.165) is 11.1 Å². The van der Waals surface area contributed by atoms with Crippen molar-refractivity contribution >= 4 is 22.7 Å². The van der Waals surface area contributed by atoms with Gasteiger partial charge in [0, 0.05) is 5.56 Å². The molecule has 8 nitrogen and oxygen atoms in total. The van der Waals surface area contributed by atoms with Crippen molar-refractivity contribution in [3.63, 3.8) is 0 Å². The van der Waals surface area contributed by atoms with E-state index in [1.165, 1.54) is 17.3 Å². The number of thioether (sulfide) groups is 1. The van der Waals surface area contributed by atoms with Crippen LogP contribution in [0.4, 0.5) is 0 Å². The highest BCUT2D eigenvalue weighted by molar-refractivity contribution is 7.98. The van der Waals surface area contributed by atoms with Crippen LogP contribution < -0.4 is 15.0 Å². The third kappa shape index (κ3) is 4.26. The summed E-state index contributed by atoms with van der Waals surface area (Å²) >= 11 is 1.39. The molecule has 1 aliphatic heterocycles. The zero-order chi connectivity index (χ0) is 23.8. The van der Waals surface area contributed by atoms with Crippen molar-refractivity contribution in [2.24, 2.45) is 0 Å². The summed E-state index contributed by atoms with van der Waals surface area (Å²) < 4.78 is 18.0. The molecular weight excluding hydrogens is 464 g/mol. The second-order valence-corrected chi connectivity index (χ2v) is 9.10. The molecule has 0 saturated heterocycles. The molecule has 2 aromatic heterocycles. The van der Waals surface area contributed by atoms with Gasteiger partial charge >= 0.3 is 0 Å². The highest BCUT2D eigenvalue weighted by Crippen LogP contribution is 2.35. The van der Waals surface area contributed by atoms with Crippen molar-refractivity contribution in [1.82, 2.24) is 19.7 Å². The lowest BCUT2D eigenvalue weighted by Crippen LogP contribution is -2.24. The molecule has 0 N–H and O–H groups in total. The molecule has 3 aromatic carbocycles. The molecule has 1 aliphatic rings. The number of nitrogens with zero attached hydrogens (tertiary/aromatic N) is 4. The van der Waals surface area contributed by atoms with Crippen LogP contribution >= 0.6 is 11.8 Å². The highest BCUT2D eigenvalue weighted by Gasteiger charge is 2.18. The van der Waals surface area contributed by atoms with Gasteiger partial charge in [0.1, 0.15) is 0 Å². The van der Waals surface area contributed by atoms with Crippen LogP contribution in [0.15, 0.2) is 81.2 Å². The van der Waals surface area contributed by atoms with Gasteiger partial charge in [0.05, 0.1) is 23.2 Å². The lowest BCUT2D eigenvalue weighted by molar-refractivity contribution is 0.174. The number of hydrogen-bond acceptors (Lipinski definition) is 8. The lowest BCUT2D eigenvalue weighted by Gasteiger charge is -2.13. The van der Waals surface area contributed by atoms with E-state index in [0.29, 0.717) is 51.6 Å². The molecule has 0 saturated carbocycles. The number of aromatic nitrogens is 4. The number of ether oxygens (including phenoxy) is 2. The van der Waals surface area contributed by atoms with Crippen LogP contribution in [0.25, 0.3) is 22.3 Å². The average molecular weight is 485 g/mol. The second kappa shape index (κ2) is 8.92. The second-order valence-electron chi connectivity index (χ2n) is 8.16. The Morgan fingerprint density at radius 3 is 2.69 bits per heavy atom. The Morgan fingerprint density at radius 1 is 0.971 bits per heavy atom. The van der Waals surface area contributed by atoms with E-state index in [9.17, 15) is 4.79 Å². The Morgan fingerprint density at radius 2 is 1.80 bits per heavy atom. The molecule has 0 aliphatic carbocycles. The summed E-state index contributed by atoms with van der Waals surface area (Å²) in [5, 5.41) is 5.29. The van der Waals surface area contributed by atoms with Crippen molar-refractivity contribution in [2.45, 2.75) is 24.4 Å². The number of benzene rings is 3. The molecule has 0 atom stereocenters. The fourth-order valence-corrected chi connectivity index (χ4v) is 4.70. The van der Waals surface area contributed by atoms with Crippen molar-refractivity contribution < 1.29 is 14.0 Å². The van der Waals surface area contributed by atoms with Gasteiger partial charge in [-0.3, -0.25) is 9.36 Å². The predicted octanol–water partition coefficient (Wildman–Crippen LogP) is 4.82. The maximum absolute atomic E-state index is 13.4. The molecule has 0 fully saturated rings. The van der Waals surface area contributed by atoms with Crippen molar-refractivity contribution in [3.8, 4) is 22.9 Å². The first kappa shape index (κ1) is 21.4. The summed E-state index contributed by atoms with van der Waals surface area (Å²) in [4.78, 5) is 22.6. The van der Waals surface area contributed by atoms with Crippen LogP contribution in [0.5, 0.6) is 11.5 Å². The van der Waals surface area contributed by atoms with Crippen LogP contribution in [0.1, 0.15) is 17.0 Å². The number of aryl methyl sites for hydroxylation is 1. The minimum absolute atomic E-state index is 0.0785. The van der Waals surface area contributed by atoms with E-state index in [-0.39, 0.29) is 12.4 Å². The molecule has 0 radical (unpaired) electrons. The smallest absolute Gasteiger partial charge is 0.262 e. The topological polar surface area (TPSA) is 92.3 Å². The van der Waals surface area contributed by atoms with E-state index in [1.807, 2.05) is 67.6 Å². The molecule has 0 unspecified atom stereocenters. The number of hydrogen-bond donors (Lipinski definition) is 0. The van der Waals surface area contributed by atoms with Crippen LogP contribution in [0.2, 0.25) is 0 Å². The van der Waals surface area contributed by atoms with Crippen molar-refractivity contribution in [1.29, 1.82) is 0 Å². The zero-order valence-corrected chi connectivity index (χ0v) is 19.6. The molecule has 0 amide bonds. The Kier molecular flexibility index (Phi) is 5.46. The quantitative estimate of drug-likeness (QED) is 0.250. The monoisotopic (exact) mass is 484 g/mol. The van der Waals surface area contributed by atoms with E-state index < -0.39 is 0 Å². The van der Waals surface area contributed by atoms with Crippen LogP contribution in [0, 0.1) is 6.92 Å². The van der Waals surface area contributed by atoms with Gasteiger partial charge in [-0.15, -0.1) is 0 Å². The molecule has 174 valence electrons. The Labute approximate surface area is 204 Å². The summed E-state index contributed by atoms with van der Waals surface area (Å²) in [6.45, 7) is 2.67. The molecule has 0 spiro atoms. The summed E-state index contributed by atoms with van der Waals surface area (Å²) in [6.07, 6.45) is 0. The van der Waals surface area contributed by atoms with Crippen LogP contribution in [-0.2, 0) is 12.3 Å². The molecular formula is C26H20N4O4S. The maximum Gasteiger partial charge on any atom is 0.262 e. The average Bonchev–Trinajstić information content (AvgIpc) is 3.55.